The maximum absolute atomic E-state index is 6.73. The van der Waals surface area contributed by atoms with E-state index in [0.29, 0.717) is 17.5 Å². The van der Waals surface area contributed by atoms with E-state index < -0.39 is 0 Å². The van der Waals surface area contributed by atoms with Crippen molar-refractivity contribution in [1.82, 2.24) is 15.0 Å². The highest BCUT2D eigenvalue weighted by Gasteiger charge is 2.21. The minimum absolute atomic E-state index is 0.543. The minimum Gasteiger partial charge on any atom is -0.456 e. The van der Waals surface area contributed by atoms with Crippen molar-refractivity contribution in [3.63, 3.8) is 0 Å². The van der Waals surface area contributed by atoms with Gasteiger partial charge in [-0.1, -0.05) is 115 Å². The van der Waals surface area contributed by atoms with E-state index in [1.807, 2.05) is 84.1 Å². The molecule has 238 valence electrons. The number of rotatable bonds is 4. The van der Waals surface area contributed by atoms with Gasteiger partial charge in [0.05, 0.1) is 5.56 Å². The lowest BCUT2D eigenvalue weighted by Crippen LogP contribution is -2.00. The fourth-order valence-electron chi connectivity index (χ4n) is 7.45. The summed E-state index contributed by atoms with van der Waals surface area (Å²) < 4.78 is 15.5. The van der Waals surface area contributed by atoms with Crippen molar-refractivity contribution in [2.24, 2.45) is 0 Å². The van der Waals surface area contributed by atoms with Crippen LogP contribution >= 0.6 is 11.3 Å². The first-order chi connectivity index (χ1) is 25.3. The van der Waals surface area contributed by atoms with Gasteiger partial charge in [0, 0.05) is 52.8 Å². The van der Waals surface area contributed by atoms with Crippen LogP contribution in [0.15, 0.2) is 160 Å². The molecule has 5 nitrogen and oxygen atoms in total. The first kappa shape index (κ1) is 28.2. The molecule has 4 heterocycles. The highest BCUT2D eigenvalue weighted by atomic mass is 32.1. The molecule has 0 spiro atoms. The zero-order chi connectivity index (χ0) is 33.5. The minimum atomic E-state index is 0.543. The van der Waals surface area contributed by atoms with E-state index in [4.69, 9.17) is 23.8 Å². The molecule has 0 fully saturated rings. The monoisotopic (exact) mass is 671 g/mol. The van der Waals surface area contributed by atoms with Crippen LogP contribution in [0.25, 0.3) is 109 Å². The lowest BCUT2D eigenvalue weighted by molar-refractivity contribution is 0.668. The van der Waals surface area contributed by atoms with Crippen LogP contribution in [0.1, 0.15) is 0 Å². The summed E-state index contributed by atoms with van der Waals surface area (Å²) in [4.78, 5) is 15.3. The van der Waals surface area contributed by atoms with Gasteiger partial charge in [0.25, 0.3) is 0 Å². The fraction of sp³-hybridized carbons (Fsp3) is 0. The summed E-state index contributed by atoms with van der Waals surface area (Å²) in [7, 11) is 0. The molecule has 0 aliphatic heterocycles. The van der Waals surface area contributed by atoms with E-state index in [1.54, 1.807) is 0 Å². The number of para-hydroxylation sites is 2. The Kier molecular flexibility index (Phi) is 6.05. The van der Waals surface area contributed by atoms with Gasteiger partial charge in [0.15, 0.2) is 17.5 Å². The largest absolute Gasteiger partial charge is 0.456 e. The summed E-state index contributed by atoms with van der Waals surface area (Å²) in [6.07, 6.45) is 0. The van der Waals surface area contributed by atoms with E-state index in [-0.39, 0.29) is 0 Å². The molecular weight excluding hydrogens is 647 g/mol. The number of nitrogens with zero attached hydrogens (tertiary/aromatic N) is 3. The van der Waals surface area contributed by atoms with Crippen molar-refractivity contribution in [2.45, 2.75) is 0 Å². The van der Waals surface area contributed by atoms with Crippen LogP contribution in [0.2, 0.25) is 0 Å². The number of hydrogen-bond acceptors (Lipinski definition) is 6. The highest BCUT2D eigenvalue weighted by Crippen LogP contribution is 2.43. The predicted molar refractivity (Wildman–Crippen MR) is 209 cm³/mol. The first-order valence-corrected chi connectivity index (χ1v) is 17.7. The Hall–Kier alpha value is -6.63. The molecule has 0 N–H and O–H groups in total. The smallest absolute Gasteiger partial charge is 0.167 e. The van der Waals surface area contributed by atoms with Crippen molar-refractivity contribution < 1.29 is 8.83 Å². The van der Waals surface area contributed by atoms with Crippen LogP contribution in [0.5, 0.6) is 0 Å². The molecule has 0 unspecified atom stereocenters. The molecule has 0 radical (unpaired) electrons. The number of benzene rings is 7. The second kappa shape index (κ2) is 10.9. The van der Waals surface area contributed by atoms with E-state index >= 15 is 0 Å². The summed E-state index contributed by atoms with van der Waals surface area (Å²) in [6.45, 7) is 0. The molecule has 7 aromatic carbocycles. The van der Waals surface area contributed by atoms with Crippen molar-refractivity contribution in [2.75, 3.05) is 0 Å². The van der Waals surface area contributed by atoms with Crippen molar-refractivity contribution >= 4 is 75.4 Å². The summed E-state index contributed by atoms with van der Waals surface area (Å²) >= 11 is 1.83. The fourth-order valence-corrected chi connectivity index (χ4v) is 8.60. The average Bonchev–Trinajstić information content (AvgIpc) is 3.89. The Morgan fingerprint density at radius 3 is 1.86 bits per heavy atom. The van der Waals surface area contributed by atoms with Crippen LogP contribution in [-0.2, 0) is 0 Å². The third kappa shape index (κ3) is 4.37. The normalized spacial score (nSPS) is 11.9. The third-order valence-electron chi connectivity index (χ3n) is 9.76. The second-order valence-electron chi connectivity index (χ2n) is 12.7. The first-order valence-electron chi connectivity index (χ1n) is 16.9. The Morgan fingerprint density at radius 2 is 0.980 bits per heavy atom. The van der Waals surface area contributed by atoms with Gasteiger partial charge >= 0.3 is 0 Å². The number of aromatic nitrogens is 3. The molecule has 0 atom stereocenters. The van der Waals surface area contributed by atoms with Gasteiger partial charge in [-0.2, -0.15) is 0 Å². The zero-order valence-corrected chi connectivity index (χ0v) is 27.8. The second-order valence-corrected chi connectivity index (χ2v) is 13.8. The standard InChI is InChI=1S/C45H25N3O2S/c1-2-11-26(12-3-1)43-46-44(33-17-10-20-36-41(33)31-14-4-6-19-35(31)49-36)48-45(47-43)34-18-8-16-32-40-28(15-9-21-37(40)50-42(32)34)27-23-24-30-29-13-5-7-22-38(29)51-39(30)25-27/h1-25H. The Bertz CT molecular complexity index is 3160. The van der Waals surface area contributed by atoms with Crippen molar-refractivity contribution in [3.05, 3.63) is 152 Å². The molecule has 11 aromatic rings. The van der Waals surface area contributed by atoms with Gasteiger partial charge in [-0.25, -0.2) is 15.0 Å². The van der Waals surface area contributed by atoms with E-state index in [0.717, 1.165) is 71.7 Å². The molecule has 0 saturated heterocycles. The van der Waals surface area contributed by atoms with Gasteiger partial charge in [-0.05, 0) is 47.5 Å². The van der Waals surface area contributed by atoms with Crippen LogP contribution in [0.4, 0.5) is 0 Å². The highest BCUT2D eigenvalue weighted by molar-refractivity contribution is 7.25. The molecule has 0 aliphatic rings. The Labute approximate surface area is 295 Å². The molecule has 6 heteroatoms. The molecular formula is C45H25N3O2S. The molecule has 0 saturated carbocycles. The SMILES string of the molecule is c1ccc(-c2nc(-c3cccc4c3oc3cccc(-c5ccc6c(c5)sc5ccccc56)c34)nc(-c3cccc4oc5ccccc5c34)n2)cc1. The van der Waals surface area contributed by atoms with Crippen molar-refractivity contribution in [1.29, 1.82) is 0 Å². The summed E-state index contributed by atoms with van der Waals surface area (Å²) in [6, 6.07) is 52.1. The molecule has 51 heavy (non-hydrogen) atoms. The lowest BCUT2D eigenvalue weighted by Gasteiger charge is -2.09. The van der Waals surface area contributed by atoms with E-state index in [1.165, 1.54) is 20.2 Å². The summed E-state index contributed by atoms with van der Waals surface area (Å²) in [5.74, 6) is 1.70. The number of thiophene rings is 1. The van der Waals surface area contributed by atoms with Crippen LogP contribution in [0.3, 0.4) is 0 Å². The Morgan fingerprint density at radius 1 is 0.373 bits per heavy atom. The predicted octanol–water partition coefficient (Wildman–Crippen LogP) is 12.7. The van der Waals surface area contributed by atoms with Crippen molar-refractivity contribution in [3.8, 4) is 45.3 Å². The van der Waals surface area contributed by atoms with Gasteiger partial charge in [-0.15, -0.1) is 11.3 Å². The van der Waals surface area contributed by atoms with E-state index in [2.05, 4.69) is 78.9 Å². The lowest BCUT2D eigenvalue weighted by atomic mass is 9.98. The third-order valence-corrected chi connectivity index (χ3v) is 10.9. The number of furan rings is 2. The van der Waals surface area contributed by atoms with Gasteiger partial charge in [0.2, 0.25) is 0 Å². The van der Waals surface area contributed by atoms with Gasteiger partial charge < -0.3 is 8.83 Å². The topological polar surface area (TPSA) is 65.0 Å². The Balaban J connectivity index is 1.14. The average molecular weight is 672 g/mol. The zero-order valence-electron chi connectivity index (χ0n) is 27.0. The summed E-state index contributed by atoms with van der Waals surface area (Å²) in [5, 5.41) is 6.66. The molecule has 0 aliphatic carbocycles. The molecule has 0 amide bonds. The molecule has 4 aromatic heterocycles. The van der Waals surface area contributed by atoms with Gasteiger partial charge in [0.1, 0.15) is 22.3 Å². The maximum Gasteiger partial charge on any atom is 0.167 e. The quantitative estimate of drug-likeness (QED) is 0.186. The van der Waals surface area contributed by atoms with Crippen LogP contribution < -0.4 is 0 Å². The summed E-state index contributed by atoms with van der Waals surface area (Å²) in [5.41, 5.74) is 8.05. The van der Waals surface area contributed by atoms with E-state index in [9.17, 15) is 0 Å². The van der Waals surface area contributed by atoms with Gasteiger partial charge in [-0.3, -0.25) is 0 Å². The molecule has 11 rings (SSSR count). The van der Waals surface area contributed by atoms with Crippen LogP contribution in [-0.4, -0.2) is 15.0 Å². The van der Waals surface area contributed by atoms with Crippen LogP contribution in [0, 0.1) is 0 Å². The maximum atomic E-state index is 6.73. The number of fused-ring (bicyclic) bond motifs is 9. The molecule has 0 bridgehead atoms. The number of hydrogen-bond donors (Lipinski definition) is 0.